The lowest BCUT2D eigenvalue weighted by atomic mass is 9.89. The van der Waals surface area contributed by atoms with Crippen LogP contribution in [-0.4, -0.2) is 60.7 Å². The molecule has 0 bridgehead atoms. The van der Waals surface area contributed by atoms with Crippen molar-refractivity contribution in [1.29, 1.82) is 0 Å². The van der Waals surface area contributed by atoms with Gasteiger partial charge >= 0.3 is 0 Å². The second kappa shape index (κ2) is 8.65. The molecule has 1 aliphatic carbocycles. The Hall–Kier alpha value is -1.59. The van der Waals surface area contributed by atoms with E-state index in [1.165, 1.54) is 25.8 Å². The molecule has 1 saturated carbocycles. The summed E-state index contributed by atoms with van der Waals surface area (Å²) in [6, 6.07) is 8.06. The molecule has 3 aliphatic rings. The second-order valence-electron chi connectivity index (χ2n) is 9.55. The maximum Gasteiger partial charge on any atom is 0.255 e. The number of morpholine rings is 1. The van der Waals surface area contributed by atoms with Gasteiger partial charge < -0.3 is 19.3 Å². The van der Waals surface area contributed by atoms with E-state index in [4.69, 9.17) is 9.47 Å². The van der Waals surface area contributed by atoms with Crippen molar-refractivity contribution in [2.45, 2.75) is 64.2 Å². The quantitative estimate of drug-likeness (QED) is 0.700. The van der Waals surface area contributed by atoms with Crippen LogP contribution in [0.3, 0.4) is 0 Å². The van der Waals surface area contributed by atoms with E-state index < -0.39 is 5.60 Å². The van der Waals surface area contributed by atoms with Gasteiger partial charge in [-0.05, 0) is 81.3 Å². The number of methoxy groups -OCH3 is 1. The first-order valence-corrected chi connectivity index (χ1v) is 11.3. The molecule has 4 rings (SSSR count). The van der Waals surface area contributed by atoms with Gasteiger partial charge in [0, 0.05) is 13.1 Å². The lowest BCUT2D eigenvalue weighted by molar-refractivity contribution is -0.175. The minimum absolute atomic E-state index is 0.181. The van der Waals surface area contributed by atoms with Gasteiger partial charge in [0.15, 0.2) is 0 Å². The first-order chi connectivity index (χ1) is 14.0. The van der Waals surface area contributed by atoms with E-state index in [0.717, 1.165) is 49.7 Å². The molecular weight excluding hydrogens is 364 g/mol. The van der Waals surface area contributed by atoms with Gasteiger partial charge in [-0.2, -0.15) is 0 Å². The van der Waals surface area contributed by atoms with Gasteiger partial charge in [0.05, 0.1) is 13.2 Å². The topological polar surface area (TPSA) is 42.0 Å². The van der Waals surface area contributed by atoms with E-state index in [0.29, 0.717) is 12.5 Å². The predicted octanol–water partition coefficient (Wildman–Crippen LogP) is 3.71. The Bertz CT molecular complexity index is 691. The number of carbonyl (C=O) groups excluding carboxylic acids is 1. The number of piperidine rings is 1. The highest BCUT2D eigenvalue weighted by atomic mass is 16.5. The van der Waals surface area contributed by atoms with Crippen molar-refractivity contribution in [2.75, 3.05) is 33.3 Å². The van der Waals surface area contributed by atoms with E-state index in [-0.39, 0.29) is 12.0 Å². The molecule has 5 heteroatoms. The highest BCUT2D eigenvalue weighted by Gasteiger charge is 2.58. The third-order valence-electron chi connectivity index (χ3n) is 6.87. The molecule has 2 aliphatic heterocycles. The molecule has 2 heterocycles. The first kappa shape index (κ1) is 20.7. The zero-order valence-electron chi connectivity index (χ0n) is 18.2. The van der Waals surface area contributed by atoms with Crippen LogP contribution in [0.5, 0.6) is 5.75 Å². The van der Waals surface area contributed by atoms with Crippen molar-refractivity contribution >= 4 is 5.91 Å². The number of hydrogen-bond donors (Lipinski definition) is 0. The largest absolute Gasteiger partial charge is 0.497 e. The van der Waals surface area contributed by atoms with Crippen LogP contribution >= 0.6 is 0 Å². The lowest BCUT2D eigenvalue weighted by Gasteiger charge is -2.43. The highest BCUT2D eigenvalue weighted by Crippen LogP contribution is 2.46. The fraction of sp³-hybridized carbons (Fsp3) is 0.708. The van der Waals surface area contributed by atoms with Crippen molar-refractivity contribution in [2.24, 2.45) is 11.8 Å². The van der Waals surface area contributed by atoms with Crippen molar-refractivity contribution in [3.63, 3.8) is 0 Å². The fourth-order valence-corrected chi connectivity index (χ4v) is 4.73. The van der Waals surface area contributed by atoms with Gasteiger partial charge in [0.1, 0.15) is 11.4 Å². The van der Waals surface area contributed by atoms with Crippen molar-refractivity contribution in [3.8, 4) is 5.75 Å². The van der Waals surface area contributed by atoms with E-state index >= 15 is 0 Å². The van der Waals surface area contributed by atoms with Crippen LogP contribution in [0.4, 0.5) is 0 Å². The Morgan fingerprint density at radius 3 is 2.45 bits per heavy atom. The summed E-state index contributed by atoms with van der Waals surface area (Å²) in [4.78, 5) is 17.7. The molecule has 5 nitrogen and oxygen atoms in total. The molecule has 1 atom stereocenters. The van der Waals surface area contributed by atoms with Gasteiger partial charge in [0.2, 0.25) is 0 Å². The molecular formula is C24H36N2O3. The molecule has 0 radical (unpaired) electrons. The number of rotatable bonds is 7. The molecule has 0 N–H and O–H groups in total. The summed E-state index contributed by atoms with van der Waals surface area (Å²) < 4.78 is 11.7. The van der Waals surface area contributed by atoms with Crippen LogP contribution in [0.1, 0.15) is 51.5 Å². The average Bonchev–Trinajstić information content (AvgIpc) is 3.51. The van der Waals surface area contributed by atoms with Gasteiger partial charge in [0.25, 0.3) is 5.91 Å². The van der Waals surface area contributed by atoms with Crippen molar-refractivity contribution < 1.29 is 14.3 Å². The number of amides is 1. The molecule has 160 valence electrons. The maximum absolute atomic E-state index is 13.0. The average molecular weight is 401 g/mol. The monoisotopic (exact) mass is 400 g/mol. The van der Waals surface area contributed by atoms with Gasteiger partial charge in [-0.3, -0.25) is 4.79 Å². The Balaban J connectivity index is 1.37. The number of likely N-dealkylation sites (tertiary alicyclic amines) is 1. The smallest absolute Gasteiger partial charge is 0.255 e. The molecule has 1 aromatic carbocycles. The lowest BCUT2D eigenvalue weighted by Crippen LogP contribution is -2.56. The Kier molecular flexibility index (Phi) is 6.16. The summed E-state index contributed by atoms with van der Waals surface area (Å²) in [5.41, 5.74) is 0.642. The number of carbonyl (C=O) groups is 1. The predicted molar refractivity (Wildman–Crippen MR) is 114 cm³/mol. The Morgan fingerprint density at radius 2 is 1.86 bits per heavy atom. The fourth-order valence-electron chi connectivity index (χ4n) is 4.73. The zero-order chi connectivity index (χ0) is 20.4. The third-order valence-corrected chi connectivity index (χ3v) is 6.87. The van der Waals surface area contributed by atoms with Gasteiger partial charge in [-0.1, -0.05) is 26.0 Å². The number of benzene rings is 1. The zero-order valence-corrected chi connectivity index (χ0v) is 18.2. The molecule has 1 spiro atoms. The second-order valence-corrected chi connectivity index (χ2v) is 9.55. The molecule has 3 fully saturated rings. The van der Waals surface area contributed by atoms with Crippen LogP contribution in [0.25, 0.3) is 0 Å². The van der Waals surface area contributed by atoms with Crippen LogP contribution in [0.2, 0.25) is 0 Å². The molecule has 1 amide bonds. The Morgan fingerprint density at radius 1 is 1.17 bits per heavy atom. The van der Waals surface area contributed by atoms with E-state index in [1.54, 1.807) is 7.11 Å². The summed E-state index contributed by atoms with van der Waals surface area (Å²) in [5, 5.41) is 0. The van der Waals surface area contributed by atoms with Gasteiger partial charge in [-0.15, -0.1) is 0 Å². The minimum Gasteiger partial charge on any atom is -0.497 e. The van der Waals surface area contributed by atoms with Crippen molar-refractivity contribution in [1.82, 2.24) is 9.80 Å². The standard InChI is InChI=1S/C24H36N2O3/c1-18(2)8-13-25-14-9-20(10-15-25)22-17-26(23(27)24(29-22)11-12-24)16-19-4-6-21(28-3)7-5-19/h4-7,18,20,22H,8-17H2,1-3H3. The van der Waals surface area contributed by atoms with Crippen LogP contribution in [0, 0.1) is 11.8 Å². The number of nitrogens with zero attached hydrogens (tertiary/aromatic N) is 2. The van der Waals surface area contributed by atoms with Crippen LogP contribution in [0.15, 0.2) is 24.3 Å². The minimum atomic E-state index is -0.510. The van der Waals surface area contributed by atoms with Crippen LogP contribution < -0.4 is 4.74 Å². The maximum atomic E-state index is 13.0. The van der Waals surface area contributed by atoms with Crippen LogP contribution in [-0.2, 0) is 16.1 Å². The molecule has 0 aromatic heterocycles. The summed E-state index contributed by atoms with van der Waals surface area (Å²) in [6.45, 7) is 9.52. The number of hydrogen-bond acceptors (Lipinski definition) is 4. The third kappa shape index (κ3) is 4.77. The highest BCUT2D eigenvalue weighted by molar-refractivity contribution is 5.89. The van der Waals surface area contributed by atoms with Crippen molar-refractivity contribution in [3.05, 3.63) is 29.8 Å². The van der Waals surface area contributed by atoms with E-state index in [9.17, 15) is 4.79 Å². The molecule has 29 heavy (non-hydrogen) atoms. The Labute approximate surface area is 175 Å². The summed E-state index contributed by atoms with van der Waals surface area (Å²) in [6.07, 6.45) is 5.59. The normalized spacial score (nSPS) is 25.0. The summed E-state index contributed by atoms with van der Waals surface area (Å²) in [5.74, 6) is 2.37. The summed E-state index contributed by atoms with van der Waals surface area (Å²) in [7, 11) is 1.68. The van der Waals surface area contributed by atoms with E-state index in [2.05, 4.69) is 30.9 Å². The first-order valence-electron chi connectivity index (χ1n) is 11.3. The molecule has 1 aromatic rings. The SMILES string of the molecule is COc1ccc(CN2CC(C3CCN(CCC(C)C)CC3)OC3(CC3)C2=O)cc1. The van der Waals surface area contributed by atoms with E-state index in [1.807, 2.05) is 17.0 Å². The molecule has 2 saturated heterocycles. The van der Waals surface area contributed by atoms with Gasteiger partial charge in [-0.25, -0.2) is 0 Å². The summed E-state index contributed by atoms with van der Waals surface area (Å²) >= 11 is 0. The molecule has 1 unspecified atom stereocenters. The number of ether oxygens (including phenoxy) is 2.